The van der Waals surface area contributed by atoms with Crippen LogP contribution in [0.3, 0.4) is 0 Å². The Bertz CT molecular complexity index is 380. The van der Waals surface area contributed by atoms with E-state index in [1.165, 1.54) is 19.3 Å². The highest BCUT2D eigenvalue weighted by atomic mass is 32.1. The van der Waals surface area contributed by atoms with E-state index in [2.05, 4.69) is 19.1 Å². The van der Waals surface area contributed by atoms with Gasteiger partial charge in [-0.3, -0.25) is 0 Å². The van der Waals surface area contributed by atoms with Gasteiger partial charge >= 0.3 is 5.24 Å². The maximum absolute atomic E-state index is 5.98. The molecule has 2 heterocycles. The van der Waals surface area contributed by atoms with Gasteiger partial charge in [-0.1, -0.05) is 31.9 Å². The van der Waals surface area contributed by atoms with Gasteiger partial charge in [0.2, 0.25) is 0 Å². The third-order valence-electron chi connectivity index (χ3n) is 3.71. The SMILES string of the molecule is CCCCC/C=C\C[C@H]1OC(C)(C)O[C@@H]1[C@H]1COC(=S)O1. The van der Waals surface area contributed by atoms with E-state index in [9.17, 15) is 0 Å². The molecule has 0 radical (unpaired) electrons. The topological polar surface area (TPSA) is 36.9 Å². The first-order chi connectivity index (χ1) is 10.0. The Balaban J connectivity index is 1.85. The first-order valence-corrected chi connectivity index (χ1v) is 8.26. The minimum atomic E-state index is -0.584. The van der Waals surface area contributed by atoms with Crippen molar-refractivity contribution in [3.63, 3.8) is 0 Å². The molecule has 3 atom stereocenters. The number of thiocarbonyl (C=S) groups is 1. The summed E-state index contributed by atoms with van der Waals surface area (Å²) in [5.74, 6) is -0.584. The van der Waals surface area contributed by atoms with Crippen LogP contribution < -0.4 is 0 Å². The van der Waals surface area contributed by atoms with E-state index in [1.54, 1.807) is 0 Å². The van der Waals surface area contributed by atoms with Gasteiger partial charge in [0, 0.05) is 12.2 Å². The van der Waals surface area contributed by atoms with Crippen LogP contribution >= 0.6 is 12.2 Å². The van der Waals surface area contributed by atoms with E-state index < -0.39 is 5.79 Å². The molecule has 2 rings (SSSR count). The van der Waals surface area contributed by atoms with Crippen molar-refractivity contribution in [2.24, 2.45) is 0 Å². The zero-order valence-electron chi connectivity index (χ0n) is 13.2. The summed E-state index contributed by atoms with van der Waals surface area (Å²) in [4.78, 5) is 0. The highest BCUT2D eigenvalue weighted by molar-refractivity contribution is 7.79. The molecule has 0 aromatic rings. The van der Waals surface area contributed by atoms with Crippen LogP contribution in [0.25, 0.3) is 0 Å². The summed E-state index contributed by atoms with van der Waals surface area (Å²) in [6, 6.07) is 0. The summed E-state index contributed by atoms with van der Waals surface area (Å²) < 4.78 is 22.7. The Morgan fingerprint density at radius 2 is 2.05 bits per heavy atom. The molecular formula is C16H26O4S. The number of hydrogen-bond acceptors (Lipinski definition) is 5. The molecule has 0 saturated carbocycles. The number of ether oxygens (including phenoxy) is 4. The fraction of sp³-hybridized carbons (Fsp3) is 0.812. The smallest absolute Gasteiger partial charge is 0.352 e. The Morgan fingerprint density at radius 1 is 1.24 bits per heavy atom. The maximum atomic E-state index is 5.98. The van der Waals surface area contributed by atoms with Gasteiger partial charge in [0.1, 0.15) is 12.7 Å². The van der Waals surface area contributed by atoms with Crippen molar-refractivity contribution in [3.8, 4) is 0 Å². The van der Waals surface area contributed by atoms with E-state index in [0.29, 0.717) is 6.61 Å². The summed E-state index contributed by atoms with van der Waals surface area (Å²) in [5.41, 5.74) is 0. The van der Waals surface area contributed by atoms with Crippen molar-refractivity contribution < 1.29 is 18.9 Å². The summed E-state index contributed by atoms with van der Waals surface area (Å²) in [5, 5.41) is 0.210. The second kappa shape index (κ2) is 7.56. The van der Waals surface area contributed by atoms with Crippen molar-refractivity contribution in [1.29, 1.82) is 0 Å². The second-order valence-electron chi connectivity index (χ2n) is 6.06. The number of unbranched alkanes of at least 4 members (excludes halogenated alkanes) is 3. The van der Waals surface area contributed by atoms with Crippen molar-refractivity contribution >= 4 is 17.5 Å². The quantitative estimate of drug-likeness (QED) is 0.406. The van der Waals surface area contributed by atoms with Gasteiger partial charge in [0.15, 0.2) is 11.9 Å². The standard InChI is InChI=1S/C16H26O4S/c1-4-5-6-7-8-9-10-12-14(20-16(2,3)19-12)13-11-17-15(21)18-13/h8-9,12-14H,4-7,10-11H2,1-3H3/b9-8-/t12-,13-,14+/m1/s1. The van der Waals surface area contributed by atoms with Crippen molar-refractivity contribution in [2.45, 2.75) is 77.0 Å². The van der Waals surface area contributed by atoms with Crippen LogP contribution in [0.5, 0.6) is 0 Å². The molecule has 0 aliphatic carbocycles. The van der Waals surface area contributed by atoms with E-state index >= 15 is 0 Å². The summed E-state index contributed by atoms with van der Waals surface area (Å²) in [6.45, 7) is 6.52. The molecule has 21 heavy (non-hydrogen) atoms. The predicted molar refractivity (Wildman–Crippen MR) is 85.1 cm³/mol. The maximum Gasteiger partial charge on any atom is 0.352 e. The van der Waals surface area contributed by atoms with E-state index in [4.69, 9.17) is 31.2 Å². The largest absolute Gasteiger partial charge is 0.453 e. The lowest BCUT2D eigenvalue weighted by molar-refractivity contribution is -0.152. The lowest BCUT2D eigenvalue weighted by Crippen LogP contribution is -2.36. The minimum Gasteiger partial charge on any atom is -0.453 e. The molecular weight excluding hydrogens is 288 g/mol. The van der Waals surface area contributed by atoms with Gasteiger partial charge in [-0.05, 0) is 33.1 Å². The Hall–Kier alpha value is -0.650. The molecule has 2 aliphatic heterocycles. The van der Waals surface area contributed by atoms with Gasteiger partial charge in [-0.25, -0.2) is 0 Å². The number of hydrogen-bond donors (Lipinski definition) is 0. The predicted octanol–water partition coefficient (Wildman–Crippen LogP) is 3.73. The lowest BCUT2D eigenvalue weighted by Gasteiger charge is -2.19. The minimum absolute atomic E-state index is 0.0167. The van der Waals surface area contributed by atoms with Crippen molar-refractivity contribution in [2.75, 3.05) is 6.61 Å². The van der Waals surface area contributed by atoms with Gasteiger partial charge in [0.05, 0.1) is 6.10 Å². The van der Waals surface area contributed by atoms with Crippen LogP contribution in [0.2, 0.25) is 0 Å². The molecule has 0 amide bonds. The summed E-state index contributed by atoms with van der Waals surface area (Å²) in [7, 11) is 0. The van der Waals surface area contributed by atoms with E-state index in [-0.39, 0.29) is 23.5 Å². The monoisotopic (exact) mass is 314 g/mol. The second-order valence-corrected chi connectivity index (χ2v) is 6.39. The molecule has 0 aromatic heterocycles. The van der Waals surface area contributed by atoms with Crippen LogP contribution in [-0.2, 0) is 18.9 Å². The third kappa shape index (κ3) is 4.94. The van der Waals surface area contributed by atoms with Crippen LogP contribution in [0.15, 0.2) is 12.2 Å². The molecule has 2 saturated heterocycles. The Morgan fingerprint density at radius 3 is 2.71 bits per heavy atom. The number of allylic oxidation sites excluding steroid dienone is 1. The van der Waals surface area contributed by atoms with Crippen LogP contribution in [-0.4, -0.2) is 35.9 Å². The molecule has 4 nitrogen and oxygen atoms in total. The molecule has 0 aromatic carbocycles. The van der Waals surface area contributed by atoms with Gasteiger partial charge in [0.25, 0.3) is 0 Å². The van der Waals surface area contributed by atoms with Crippen LogP contribution in [0.4, 0.5) is 0 Å². The highest BCUT2D eigenvalue weighted by Crippen LogP contribution is 2.34. The fourth-order valence-electron chi connectivity index (χ4n) is 2.72. The van der Waals surface area contributed by atoms with Gasteiger partial charge in [-0.2, -0.15) is 0 Å². The summed E-state index contributed by atoms with van der Waals surface area (Å²) >= 11 is 4.92. The Kier molecular flexibility index (Phi) is 6.02. The van der Waals surface area contributed by atoms with Crippen molar-refractivity contribution in [3.05, 3.63) is 12.2 Å². The highest BCUT2D eigenvalue weighted by Gasteiger charge is 2.47. The van der Waals surface area contributed by atoms with Crippen LogP contribution in [0.1, 0.15) is 52.9 Å². The molecule has 0 N–H and O–H groups in total. The number of rotatable bonds is 7. The van der Waals surface area contributed by atoms with Gasteiger partial charge in [-0.15, -0.1) is 0 Å². The molecule has 5 heteroatoms. The Labute approximate surface area is 132 Å². The molecule has 2 fully saturated rings. The summed E-state index contributed by atoms with van der Waals surface area (Å²) in [6.07, 6.45) is 9.84. The average molecular weight is 314 g/mol. The van der Waals surface area contributed by atoms with Crippen molar-refractivity contribution in [1.82, 2.24) is 0 Å². The molecule has 0 bridgehead atoms. The van der Waals surface area contributed by atoms with Gasteiger partial charge < -0.3 is 18.9 Å². The average Bonchev–Trinajstić information content (AvgIpc) is 2.97. The zero-order chi connectivity index (χ0) is 15.3. The van der Waals surface area contributed by atoms with E-state index in [1.807, 2.05) is 13.8 Å². The molecule has 0 spiro atoms. The normalized spacial score (nSPS) is 31.6. The first-order valence-electron chi connectivity index (χ1n) is 7.86. The molecule has 120 valence electrons. The zero-order valence-corrected chi connectivity index (χ0v) is 14.0. The lowest BCUT2D eigenvalue weighted by atomic mass is 10.1. The first kappa shape index (κ1) is 16.7. The fourth-order valence-corrected chi connectivity index (χ4v) is 2.92. The van der Waals surface area contributed by atoms with Crippen LogP contribution in [0, 0.1) is 0 Å². The third-order valence-corrected chi connectivity index (χ3v) is 3.92. The molecule has 2 aliphatic rings. The molecule has 0 unspecified atom stereocenters. The van der Waals surface area contributed by atoms with E-state index in [0.717, 1.165) is 12.8 Å².